The average Bonchev–Trinajstić information content (AvgIpc) is 2.55. The SMILES string of the molecule is [c]1ccc(-c2ccc3ncc4ccccc4c3c2)cc1. The minimum atomic E-state index is 1.04. The van der Waals surface area contributed by atoms with E-state index >= 15 is 0 Å². The monoisotopic (exact) mass is 254 g/mol. The van der Waals surface area contributed by atoms with Gasteiger partial charge in [-0.1, -0.05) is 54.6 Å². The lowest BCUT2D eigenvalue weighted by atomic mass is 10.0. The van der Waals surface area contributed by atoms with Crippen molar-refractivity contribution in [2.45, 2.75) is 0 Å². The Labute approximate surface area is 117 Å². The molecule has 0 bridgehead atoms. The van der Waals surface area contributed by atoms with E-state index in [2.05, 4.69) is 59.6 Å². The van der Waals surface area contributed by atoms with E-state index in [1.54, 1.807) is 0 Å². The Bertz CT molecular complexity index is 895. The maximum atomic E-state index is 4.54. The van der Waals surface area contributed by atoms with Gasteiger partial charge >= 0.3 is 0 Å². The molecule has 0 saturated heterocycles. The van der Waals surface area contributed by atoms with Crippen molar-refractivity contribution >= 4 is 21.7 Å². The number of hydrogen-bond donors (Lipinski definition) is 0. The van der Waals surface area contributed by atoms with Gasteiger partial charge in [0.1, 0.15) is 0 Å². The van der Waals surface area contributed by atoms with Gasteiger partial charge in [0.2, 0.25) is 0 Å². The standard InChI is InChI=1S/C19H12N/c1-2-6-14(7-3-1)15-10-11-19-18(12-15)17-9-5-4-8-16(17)13-20-19/h2-13H. The third kappa shape index (κ3) is 1.76. The summed E-state index contributed by atoms with van der Waals surface area (Å²) in [7, 11) is 0. The van der Waals surface area contributed by atoms with Gasteiger partial charge in [-0.05, 0) is 34.7 Å². The van der Waals surface area contributed by atoms with Crippen LogP contribution in [0.25, 0.3) is 32.8 Å². The molecule has 1 radical (unpaired) electrons. The molecule has 0 aliphatic heterocycles. The van der Waals surface area contributed by atoms with Crippen LogP contribution in [0.4, 0.5) is 0 Å². The first-order valence-corrected chi connectivity index (χ1v) is 6.66. The molecule has 20 heavy (non-hydrogen) atoms. The number of hydrogen-bond acceptors (Lipinski definition) is 1. The van der Waals surface area contributed by atoms with Crippen molar-refractivity contribution in [3.05, 3.63) is 79.0 Å². The molecule has 0 atom stereocenters. The highest BCUT2D eigenvalue weighted by atomic mass is 14.6. The van der Waals surface area contributed by atoms with Gasteiger partial charge in [0.25, 0.3) is 0 Å². The molecule has 0 amide bonds. The number of fused-ring (bicyclic) bond motifs is 3. The molecule has 1 nitrogen and oxygen atoms in total. The van der Waals surface area contributed by atoms with Crippen LogP contribution < -0.4 is 0 Å². The van der Waals surface area contributed by atoms with Gasteiger partial charge in [-0.15, -0.1) is 0 Å². The lowest BCUT2D eigenvalue weighted by Gasteiger charge is -2.06. The molecule has 4 rings (SSSR count). The lowest BCUT2D eigenvalue weighted by Crippen LogP contribution is -1.84. The summed E-state index contributed by atoms with van der Waals surface area (Å²) in [4.78, 5) is 4.54. The second kappa shape index (κ2) is 4.46. The third-order valence-electron chi connectivity index (χ3n) is 3.64. The van der Waals surface area contributed by atoms with Crippen molar-refractivity contribution in [2.24, 2.45) is 0 Å². The van der Waals surface area contributed by atoms with Crippen LogP contribution in [0.5, 0.6) is 0 Å². The molecule has 0 aliphatic carbocycles. The predicted molar refractivity (Wildman–Crippen MR) is 83.5 cm³/mol. The molecule has 0 saturated carbocycles. The van der Waals surface area contributed by atoms with Gasteiger partial charge in [-0.25, -0.2) is 0 Å². The van der Waals surface area contributed by atoms with Crippen LogP contribution in [-0.2, 0) is 0 Å². The zero-order valence-corrected chi connectivity index (χ0v) is 10.9. The molecule has 0 N–H and O–H groups in total. The molecule has 93 valence electrons. The largest absolute Gasteiger partial charge is 0.256 e. The van der Waals surface area contributed by atoms with Crippen LogP contribution in [0.3, 0.4) is 0 Å². The van der Waals surface area contributed by atoms with Crippen molar-refractivity contribution in [3.63, 3.8) is 0 Å². The van der Waals surface area contributed by atoms with Crippen molar-refractivity contribution in [3.8, 4) is 11.1 Å². The molecule has 0 aliphatic rings. The normalized spacial score (nSPS) is 11.0. The molecule has 1 heteroatoms. The van der Waals surface area contributed by atoms with Crippen LogP contribution in [0, 0.1) is 6.07 Å². The fourth-order valence-corrected chi connectivity index (χ4v) is 2.62. The van der Waals surface area contributed by atoms with Crippen molar-refractivity contribution in [1.29, 1.82) is 0 Å². The van der Waals surface area contributed by atoms with Crippen LogP contribution >= 0.6 is 0 Å². The zero-order valence-electron chi connectivity index (χ0n) is 10.9. The van der Waals surface area contributed by atoms with Gasteiger partial charge in [-0.3, -0.25) is 4.98 Å². The molecule has 4 aromatic rings. The van der Waals surface area contributed by atoms with Gasteiger partial charge < -0.3 is 0 Å². The first-order valence-electron chi connectivity index (χ1n) is 6.66. The Hall–Kier alpha value is -2.67. The van der Waals surface area contributed by atoms with Gasteiger partial charge in [0.15, 0.2) is 0 Å². The Morgan fingerprint density at radius 1 is 0.750 bits per heavy atom. The molecule has 0 unspecified atom stereocenters. The van der Waals surface area contributed by atoms with Crippen molar-refractivity contribution in [1.82, 2.24) is 4.98 Å². The first-order chi connectivity index (χ1) is 9.92. The van der Waals surface area contributed by atoms with Crippen LogP contribution in [-0.4, -0.2) is 4.98 Å². The summed E-state index contributed by atoms with van der Waals surface area (Å²) in [6.45, 7) is 0. The predicted octanol–water partition coefficient (Wildman–Crippen LogP) is 4.86. The molecule has 1 aromatic heterocycles. The maximum Gasteiger partial charge on any atom is 0.0708 e. The Kier molecular flexibility index (Phi) is 2.49. The Balaban J connectivity index is 2.05. The van der Waals surface area contributed by atoms with Crippen LogP contribution in [0.2, 0.25) is 0 Å². The summed E-state index contributed by atoms with van der Waals surface area (Å²) < 4.78 is 0. The molecule has 1 heterocycles. The quantitative estimate of drug-likeness (QED) is 0.442. The van der Waals surface area contributed by atoms with Gasteiger partial charge in [-0.2, -0.15) is 0 Å². The van der Waals surface area contributed by atoms with Gasteiger partial charge in [0, 0.05) is 17.0 Å². The topological polar surface area (TPSA) is 12.9 Å². The Morgan fingerprint density at radius 3 is 2.50 bits per heavy atom. The molecular formula is C19H12N. The number of rotatable bonds is 1. The van der Waals surface area contributed by atoms with E-state index in [-0.39, 0.29) is 0 Å². The summed E-state index contributed by atoms with van der Waals surface area (Å²) in [6, 6.07) is 25.9. The fourth-order valence-electron chi connectivity index (χ4n) is 2.62. The lowest BCUT2D eigenvalue weighted by molar-refractivity contribution is 1.44. The van der Waals surface area contributed by atoms with E-state index < -0.39 is 0 Å². The summed E-state index contributed by atoms with van der Waals surface area (Å²) in [5, 5.41) is 3.63. The summed E-state index contributed by atoms with van der Waals surface area (Å²) >= 11 is 0. The number of nitrogens with zero attached hydrogens (tertiary/aromatic N) is 1. The molecule has 0 spiro atoms. The third-order valence-corrected chi connectivity index (χ3v) is 3.64. The van der Waals surface area contributed by atoms with Crippen molar-refractivity contribution < 1.29 is 0 Å². The highest BCUT2D eigenvalue weighted by Crippen LogP contribution is 2.28. The molecule has 3 aromatic carbocycles. The summed E-state index contributed by atoms with van der Waals surface area (Å²) in [6.07, 6.45) is 1.94. The van der Waals surface area contributed by atoms with Crippen LogP contribution in [0.1, 0.15) is 0 Å². The van der Waals surface area contributed by atoms with E-state index in [1.807, 2.05) is 24.4 Å². The zero-order chi connectivity index (χ0) is 13.4. The molecule has 0 fully saturated rings. The minimum Gasteiger partial charge on any atom is -0.256 e. The fraction of sp³-hybridized carbons (Fsp3) is 0. The smallest absolute Gasteiger partial charge is 0.0708 e. The van der Waals surface area contributed by atoms with E-state index in [0.29, 0.717) is 0 Å². The average molecular weight is 254 g/mol. The second-order valence-corrected chi connectivity index (χ2v) is 4.87. The van der Waals surface area contributed by atoms with E-state index in [9.17, 15) is 0 Å². The number of benzene rings is 3. The summed E-state index contributed by atoms with van der Waals surface area (Å²) in [5.74, 6) is 0. The molecular weight excluding hydrogens is 242 g/mol. The highest BCUT2D eigenvalue weighted by Gasteiger charge is 2.03. The van der Waals surface area contributed by atoms with Gasteiger partial charge in [0.05, 0.1) is 5.52 Å². The highest BCUT2D eigenvalue weighted by molar-refractivity contribution is 6.06. The van der Waals surface area contributed by atoms with E-state index in [0.717, 1.165) is 5.52 Å². The first kappa shape index (κ1) is 11.2. The van der Waals surface area contributed by atoms with E-state index in [1.165, 1.54) is 27.3 Å². The Morgan fingerprint density at radius 2 is 1.60 bits per heavy atom. The maximum absolute atomic E-state index is 4.54. The minimum absolute atomic E-state index is 1.04. The second-order valence-electron chi connectivity index (χ2n) is 4.87. The van der Waals surface area contributed by atoms with Crippen LogP contribution in [0.15, 0.2) is 72.9 Å². The number of pyridine rings is 1. The van der Waals surface area contributed by atoms with E-state index in [4.69, 9.17) is 0 Å². The van der Waals surface area contributed by atoms with Crippen molar-refractivity contribution in [2.75, 3.05) is 0 Å². The number of aromatic nitrogens is 1. The summed E-state index contributed by atoms with van der Waals surface area (Å²) in [5.41, 5.74) is 3.46.